The summed E-state index contributed by atoms with van der Waals surface area (Å²) in [7, 11) is 3.17. The number of benzene rings is 2. The third-order valence-electron chi connectivity index (χ3n) is 2.95. The minimum atomic E-state index is -0.120. The molecule has 0 heterocycles. The van der Waals surface area contributed by atoms with Crippen molar-refractivity contribution in [2.75, 3.05) is 31.4 Å². The molecule has 0 radical (unpaired) electrons. The Morgan fingerprint density at radius 1 is 1.09 bits per heavy atom. The fourth-order valence-electron chi connectivity index (χ4n) is 1.85. The monoisotopic (exact) mass is 412 g/mol. The fraction of sp³-hybridized carbons (Fsp3) is 0.188. The smallest absolute Gasteiger partial charge is 0.243 e. The van der Waals surface area contributed by atoms with E-state index in [1.165, 1.54) is 0 Å². The van der Waals surface area contributed by atoms with Crippen molar-refractivity contribution in [1.82, 2.24) is 0 Å². The van der Waals surface area contributed by atoms with Crippen LogP contribution in [0.4, 0.5) is 11.4 Å². The van der Waals surface area contributed by atoms with Gasteiger partial charge < -0.3 is 20.1 Å². The highest BCUT2D eigenvalue weighted by atomic mass is 127. The van der Waals surface area contributed by atoms with Crippen molar-refractivity contribution in [2.24, 2.45) is 0 Å². The first kappa shape index (κ1) is 16.4. The summed E-state index contributed by atoms with van der Waals surface area (Å²) >= 11 is 2.18. The maximum Gasteiger partial charge on any atom is 0.243 e. The summed E-state index contributed by atoms with van der Waals surface area (Å²) in [5, 5.41) is 5.93. The van der Waals surface area contributed by atoms with Gasteiger partial charge in [-0.15, -0.1) is 0 Å². The van der Waals surface area contributed by atoms with Crippen LogP contribution in [-0.4, -0.2) is 26.7 Å². The van der Waals surface area contributed by atoms with E-state index in [0.717, 1.165) is 14.9 Å². The van der Waals surface area contributed by atoms with E-state index in [-0.39, 0.29) is 12.5 Å². The van der Waals surface area contributed by atoms with E-state index in [1.807, 2.05) is 36.4 Å². The first-order chi connectivity index (χ1) is 10.6. The lowest BCUT2D eigenvalue weighted by Gasteiger charge is -2.11. The number of anilines is 2. The molecule has 6 heteroatoms. The molecule has 0 spiro atoms. The molecule has 0 fully saturated rings. The predicted octanol–water partition coefficient (Wildman–Crippen LogP) is 3.36. The number of carbonyl (C=O) groups excluding carboxylic acids is 1. The molecule has 0 aromatic heterocycles. The quantitative estimate of drug-likeness (QED) is 0.715. The van der Waals surface area contributed by atoms with Crippen molar-refractivity contribution in [1.29, 1.82) is 0 Å². The molecule has 2 aromatic rings. The standard InChI is InChI=1S/C16H17IN2O3/c1-21-12-7-11(8-13(9-12)22-2)18-10-16(20)19-15-6-4-3-5-14(15)17/h3-9,18H,10H2,1-2H3,(H,19,20). The van der Waals surface area contributed by atoms with Crippen LogP contribution in [0.1, 0.15) is 0 Å². The predicted molar refractivity (Wildman–Crippen MR) is 95.8 cm³/mol. The Morgan fingerprint density at radius 3 is 2.32 bits per heavy atom. The van der Waals surface area contributed by atoms with Crippen LogP contribution in [0.3, 0.4) is 0 Å². The Labute approximate surface area is 143 Å². The number of ether oxygens (including phenoxy) is 2. The topological polar surface area (TPSA) is 59.6 Å². The van der Waals surface area contributed by atoms with E-state index in [0.29, 0.717) is 11.5 Å². The maximum atomic E-state index is 12.0. The number of para-hydroxylation sites is 1. The molecular weight excluding hydrogens is 395 g/mol. The Bertz CT molecular complexity index is 639. The second kappa shape index (κ2) is 7.88. The lowest BCUT2D eigenvalue weighted by Crippen LogP contribution is -2.22. The average molecular weight is 412 g/mol. The van der Waals surface area contributed by atoms with Gasteiger partial charge in [-0.1, -0.05) is 12.1 Å². The Kier molecular flexibility index (Phi) is 5.88. The van der Waals surface area contributed by atoms with Crippen LogP contribution in [0.15, 0.2) is 42.5 Å². The second-order valence-electron chi connectivity index (χ2n) is 4.48. The van der Waals surface area contributed by atoms with E-state index in [4.69, 9.17) is 9.47 Å². The van der Waals surface area contributed by atoms with Crippen LogP contribution in [-0.2, 0) is 4.79 Å². The lowest BCUT2D eigenvalue weighted by molar-refractivity contribution is -0.114. The van der Waals surface area contributed by atoms with Crippen LogP contribution in [0.2, 0.25) is 0 Å². The number of amides is 1. The minimum Gasteiger partial charge on any atom is -0.497 e. The van der Waals surface area contributed by atoms with Gasteiger partial charge in [0.15, 0.2) is 0 Å². The number of halogens is 1. The zero-order valence-corrected chi connectivity index (χ0v) is 14.5. The maximum absolute atomic E-state index is 12.0. The third-order valence-corrected chi connectivity index (χ3v) is 3.89. The number of hydrogen-bond donors (Lipinski definition) is 2. The normalized spacial score (nSPS) is 9.95. The molecule has 1 amide bonds. The molecule has 0 aliphatic heterocycles. The number of hydrogen-bond acceptors (Lipinski definition) is 4. The molecule has 0 aliphatic carbocycles. The molecular formula is C16H17IN2O3. The van der Waals surface area contributed by atoms with Crippen molar-refractivity contribution >= 4 is 39.9 Å². The molecule has 0 unspecified atom stereocenters. The van der Waals surface area contributed by atoms with Gasteiger partial charge in [-0.05, 0) is 34.7 Å². The van der Waals surface area contributed by atoms with Crippen molar-refractivity contribution in [3.63, 3.8) is 0 Å². The summed E-state index contributed by atoms with van der Waals surface area (Å²) in [4.78, 5) is 12.0. The van der Waals surface area contributed by atoms with Crippen LogP contribution in [0.25, 0.3) is 0 Å². The lowest BCUT2D eigenvalue weighted by atomic mass is 10.2. The summed E-state index contributed by atoms with van der Waals surface area (Å²) in [6.45, 7) is 0.154. The first-order valence-electron chi connectivity index (χ1n) is 6.63. The van der Waals surface area contributed by atoms with E-state index < -0.39 is 0 Å². The van der Waals surface area contributed by atoms with Gasteiger partial charge in [0, 0.05) is 27.5 Å². The van der Waals surface area contributed by atoms with E-state index in [9.17, 15) is 4.79 Å². The minimum absolute atomic E-state index is 0.120. The van der Waals surface area contributed by atoms with Gasteiger partial charge in [0.05, 0.1) is 26.5 Å². The molecule has 0 atom stereocenters. The van der Waals surface area contributed by atoms with Crippen molar-refractivity contribution < 1.29 is 14.3 Å². The molecule has 0 bridgehead atoms. The number of nitrogens with one attached hydrogen (secondary N) is 2. The summed E-state index contributed by atoms with van der Waals surface area (Å²) in [6.07, 6.45) is 0. The molecule has 116 valence electrons. The van der Waals surface area contributed by atoms with Crippen molar-refractivity contribution in [2.45, 2.75) is 0 Å². The highest BCUT2D eigenvalue weighted by Crippen LogP contribution is 2.25. The molecule has 2 aromatic carbocycles. The third kappa shape index (κ3) is 4.52. The number of methoxy groups -OCH3 is 2. The SMILES string of the molecule is COc1cc(NCC(=O)Nc2ccccc2I)cc(OC)c1. The zero-order valence-electron chi connectivity index (χ0n) is 12.4. The molecule has 5 nitrogen and oxygen atoms in total. The van der Waals surface area contributed by atoms with Crippen LogP contribution in [0, 0.1) is 3.57 Å². The Balaban J connectivity index is 1.98. The Morgan fingerprint density at radius 2 is 1.73 bits per heavy atom. The van der Waals surface area contributed by atoms with Gasteiger partial charge in [0.1, 0.15) is 11.5 Å². The van der Waals surface area contributed by atoms with Crippen LogP contribution in [0.5, 0.6) is 11.5 Å². The van der Waals surface area contributed by atoms with E-state index in [2.05, 4.69) is 33.2 Å². The van der Waals surface area contributed by atoms with Crippen LogP contribution >= 0.6 is 22.6 Å². The fourth-order valence-corrected chi connectivity index (χ4v) is 2.37. The van der Waals surface area contributed by atoms with Crippen molar-refractivity contribution in [3.05, 3.63) is 46.0 Å². The van der Waals surface area contributed by atoms with Crippen molar-refractivity contribution in [3.8, 4) is 11.5 Å². The summed E-state index contributed by atoms with van der Waals surface area (Å²) in [5.41, 5.74) is 1.56. The molecule has 0 aliphatic rings. The average Bonchev–Trinajstić information content (AvgIpc) is 2.54. The molecule has 2 rings (SSSR count). The highest BCUT2D eigenvalue weighted by molar-refractivity contribution is 14.1. The van der Waals surface area contributed by atoms with E-state index >= 15 is 0 Å². The van der Waals surface area contributed by atoms with Gasteiger partial charge in [-0.3, -0.25) is 4.79 Å². The van der Waals surface area contributed by atoms with Gasteiger partial charge in [-0.2, -0.15) is 0 Å². The second-order valence-corrected chi connectivity index (χ2v) is 5.65. The van der Waals surface area contributed by atoms with Gasteiger partial charge >= 0.3 is 0 Å². The summed E-state index contributed by atoms with van der Waals surface area (Å²) in [5.74, 6) is 1.21. The number of rotatable bonds is 6. The molecule has 0 saturated carbocycles. The summed E-state index contributed by atoms with van der Waals surface area (Å²) < 4.78 is 11.4. The molecule has 2 N–H and O–H groups in total. The Hall–Kier alpha value is -1.96. The highest BCUT2D eigenvalue weighted by Gasteiger charge is 2.06. The summed E-state index contributed by atoms with van der Waals surface area (Å²) in [6, 6.07) is 13.0. The van der Waals surface area contributed by atoms with Gasteiger partial charge in [-0.25, -0.2) is 0 Å². The van der Waals surface area contributed by atoms with Gasteiger partial charge in [0.2, 0.25) is 5.91 Å². The molecule has 0 saturated heterocycles. The van der Waals surface area contributed by atoms with E-state index in [1.54, 1.807) is 20.3 Å². The first-order valence-corrected chi connectivity index (χ1v) is 7.71. The molecule has 22 heavy (non-hydrogen) atoms. The number of carbonyl (C=O) groups is 1. The zero-order chi connectivity index (χ0) is 15.9. The van der Waals surface area contributed by atoms with Crippen LogP contribution < -0.4 is 20.1 Å². The van der Waals surface area contributed by atoms with Gasteiger partial charge in [0.25, 0.3) is 0 Å². The largest absolute Gasteiger partial charge is 0.497 e.